The van der Waals surface area contributed by atoms with Gasteiger partial charge >= 0.3 is 0 Å². The van der Waals surface area contributed by atoms with E-state index in [2.05, 4.69) is 10.2 Å². The predicted molar refractivity (Wildman–Crippen MR) is 102 cm³/mol. The minimum Gasteiger partial charge on any atom is -0.495 e. The zero-order chi connectivity index (χ0) is 19.4. The molecule has 0 aliphatic carbocycles. The fourth-order valence-electron chi connectivity index (χ4n) is 2.97. The van der Waals surface area contributed by atoms with E-state index in [1.54, 1.807) is 18.2 Å². The number of rotatable bonds is 6. The number of methoxy groups -OCH3 is 1. The Hall–Kier alpha value is -1.90. The van der Waals surface area contributed by atoms with E-state index in [9.17, 15) is 8.42 Å². The average Bonchev–Trinajstić information content (AvgIpc) is 2.68. The molecule has 0 N–H and O–H groups in total. The maximum atomic E-state index is 13.0. The molecule has 1 aromatic heterocycles. The van der Waals surface area contributed by atoms with Crippen LogP contribution < -0.4 is 9.47 Å². The van der Waals surface area contributed by atoms with Crippen molar-refractivity contribution in [3.05, 3.63) is 41.0 Å². The molecule has 1 aliphatic rings. The van der Waals surface area contributed by atoms with Gasteiger partial charge in [0, 0.05) is 24.2 Å². The first-order chi connectivity index (χ1) is 12.9. The molecule has 0 saturated carbocycles. The van der Waals surface area contributed by atoms with E-state index in [-0.39, 0.29) is 10.8 Å². The second kappa shape index (κ2) is 8.41. The molecular weight excluding hydrogens is 390 g/mol. The second-order valence-corrected chi connectivity index (χ2v) is 8.81. The van der Waals surface area contributed by atoms with Crippen molar-refractivity contribution < 1.29 is 17.9 Å². The summed E-state index contributed by atoms with van der Waals surface area (Å²) in [5.74, 6) is 1.04. The predicted octanol–water partition coefficient (Wildman–Crippen LogP) is 2.93. The summed E-state index contributed by atoms with van der Waals surface area (Å²) in [6.07, 6.45) is 1.42. The summed E-state index contributed by atoms with van der Waals surface area (Å²) in [6.45, 7) is 3.20. The summed E-state index contributed by atoms with van der Waals surface area (Å²) in [4.78, 5) is 0.0992. The number of ether oxygens (including phenoxy) is 2. The third-order valence-electron chi connectivity index (χ3n) is 4.56. The van der Waals surface area contributed by atoms with Gasteiger partial charge in [0.25, 0.3) is 0 Å². The van der Waals surface area contributed by atoms with Crippen LogP contribution in [0.3, 0.4) is 0 Å². The Morgan fingerprint density at radius 3 is 2.56 bits per heavy atom. The number of aryl methyl sites for hydroxylation is 1. The number of halogens is 1. The number of nitrogens with zero attached hydrogens (tertiary/aromatic N) is 3. The highest BCUT2D eigenvalue weighted by atomic mass is 35.5. The fourth-order valence-corrected chi connectivity index (χ4v) is 4.86. The molecule has 2 heterocycles. The molecule has 0 atom stereocenters. The molecular formula is C18H22ClN3O4S. The van der Waals surface area contributed by atoms with Gasteiger partial charge in [0.05, 0.1) is 19.4 Å². The number of aromatic nitrogens is 2. The van der Waals surface area contributed by atoms with Gasteiger partial charge in [-0.2, -0.15) is 9.40 Å². The number of piperidine rings is 1. The van der Waals surface area contributed by atoms with Crippen LogP contribution >= 0.6 is 11.6 Å². The van der Waals surface area contributed by atoms with Gasteiger partial charge in [-0.25, -0.2) is 8.42 Å². The van der Waals surface area contributed by atoms with Crippen molar-refractivity contribution in [3.63, 3.8) is 0 Å². The summed E-state index contributed by atoms with van der Waals surface area (Å²) in [6, 6.07) is 8.24. The van der Waals surface area contributed by atoms with Crippen LogP contribution in [0.15, 0.2) is 35.2 Å². The SMILES string of the molecule is COc1ccc(Cl)cc1S(=O)(=O)N1CCC(COc2ccc(C)nn2)CC1. The molecule has 7 nitrogen and oxygen atoms in total. The van der Waals surface area contributed by atoms with Crippen LogP contribution in [0.2, 0.25) is 5.02 Å². The largest absolute Gasteiger partial charge is 0.495 e. The van der Waals surface area contributed by atoms with Gasteiger partial charge in [-0.3, -0.25) is 0 Å². The third kappa shape index (κ3) is 4.69. The van der Waals surface area contributed by atoms with E-state index in [1.807, 2.05) is 13.0 Å². The maximum Gasteiger partial charge on any atom is 0.246 e. The topological polar surface area (TPSA) is 81.6 Å². The van der Waals surface area contributed by atoms with Gasteiger partial charge in [0.1, 0.15) is 10.6 Å². The highest BCUT2D eigenvalue weighted by Crippen LogP contribution is 2.31. The summed E-state index contributed by atoms with van der Waals surface area (Å²) >= 11 is 5.99. The van der Waals surface area contributed by atoms with Crippen molar-refractivity contribution >= 4 is 21.6 Å². The summed E-state index contributed by atoms with van der Waals surface area (Å²) in [5.41, 5.74) is 0.831. The molecule has 0 amide bonds. The smallest absolute Gasteiger partial charge is 0.246 e. The van der Waals surface area contributed by atoms with Crippen molar-refractivity contribution in [1.29, 1.82) is 0 Å². The van der Waals surface area contributed by atoms with Crippen molar-refractivity contribution in [1.82, 2.24) is 14.5 Å². The lowest BCUT2D eigenvalue weighted by atomic mass is 9.99. The molecule has 0 radical (unpaired) electrons. The van der Waals surface area contributed by atoms with Crippen molar-refractivity contribution in [3.8, 4) is 11.6 Å². The first-order valence-electron chi connectivity index (χ1n) is 8.67. The van der Waals surface area contributed by atoms with Crippen LogP contribution in [0.4, 0.5) is 0 Å². The third-order valence-corrected chi connectivity index (χ3v) is 6.71. The molecule has 0 unspecified atom stereocenters. The van der Waals surface area contributed by atoms with Crippen LogP contribution in [-0.4, -0.2) is 49.7 Å². The van der Waals surface area contributed by atoms with Crippen LogP contribution in [0.5, 0.6) is 11.6 Å². The molecule has 1 aromatic carbocycles. The molecule has 146 valence electrons. The van der Waals surface area contributed by atoms with E-state index < -0.39 is 10.0 Å². The van der Waals surface area contributed by atoms with Gasteiger partial charge in [-0.15, -0.1) is 5.10 Å². The molecule has 1 saturated heterocycles. The van der Waals surface area contributed by atoms with E-state index in [0.29, 0.717) is 49.2 Å². The van der Waals surface area contributed by atoms with E-state index in [0.717, 1.165) is 5.69 Å². The van der Waals surface area contributed by atoms with Crippen LogP contribution in [0, 0.1) is 12.8 Å². The summed E-state index contributed by atoms with van der Waals surface area (Å²) < 4.78 is 38.3. The summed E-state index contributed by atoms with van der Waals surface area (Å²) in [7, 11) is -2.22. The number of hydrogen-bond acceptors (Lipinski definition) is 6. The molecule has 27 heavy (non-hydrogen) atoms. The molecule has 2 aromatic rings. The van der Waals surface area contributed by atoms with Crippen molar-refractivity contribution in [2.45, 2.75) is 24.7 Å². The Kier molecular flexibility index (Phi) is 6.18. The van der Waals surface area contributed by atoms with Gasteiger partial charge in [-0.1, -0.05) is 11.6 Å². The second-order valence-electron chi connectivity index (χ2n) is 6.47. The Balaban J connectivity index is 1.61. The van der Waals surface area contributed by atoms with E-state index in [1.165, 1.54) is 17.5 Å². The van der Waals surface area contributed by atoms with Gasteiger partial charge in [0.15, 0.2) is 0 Å². The van der Waals surface area contributed by atoms with Gasteiger partial charge in [0.2, 0.25) is 15.9 Å². The normalized spacial score (nSPS) is 16.3. The van der Waals surface area contributed by atoms with Gasteiger partial charge < -0.3 is 9.47 Å². The minimum atomic E-state index is -3.66. The lowest BCUT2D eigenvalue weighted by molar-refractivity contribution is 0.179. The Labute approximate surface area is 164 Å². The minimum absolute atomic E-state index is 0.0992. The van der Waals surface area contributed by atoms with E-state index in [4.69, 9.17) is 21.1 Å². The van der Waals surface area contributed by atoms with Crippen LogP contribution in [0.1, 0.15) is 18.5 Å². The lowest BCUT2D eigenvalue weighted by Gasteiger charge is -2.31. The zero-order valence-corrected chi connectivity index (χ0v) is 16.8. The molecule has 0 spiro atoms. The van der Waals surface area contributed by atoms with E-state index >= 15 is 0 Å². The highest BCUT2D eigenvalue weighted by molar-refractivity contribution is 7.89. The highest BCUT2D eigenvalue weighted by Gasteiger charge is 2.32. The monoisotopic (exact) mass is 411 g/mol. The number of sulfonamides is 1. The molecule has 0 bridgehead atoms. The van der Waals surface area contributed by atoms with Crippen molar-refractivity contribution in [2.24, 2.45) is 5.92 Å². The number of benzene rings is 1. The first-order valence-corrected chi connectivity index (χ1v) is 10.5. The quantitative estimate of drug-likeness (QED) is 0.726. The molecule has 1 aliphatic heterocycles. The molecule has 3 rings (SSSR count). The van der Waals surface area contributed by atoms with Crippen molar-refractivity contribution in [2.75, 3.05) is 26.8 Å². The molecule has 9 heteroatoms. The van der Waals surface area contributed by atoms with Crippen LogP contribution in [-0.2, 0) is 10.0 Å². The average molecular weight is 412 g/mol. The standard InChI is InChI=1S/C18H22ClN3O4S/c1-13-3-6-18(21-20-13)26-12-14-7-9-22(10-8-14)27(23,24)17-11-15(19)4-5-16(17)25-2/h3-6,11,14H,7-10,12H2,1-2H3. The number of hydrogen-bond donors (Lipinski definition) is 0. The Morgan fingerprint density at radius 1 is 1.19 bits per heavy atom. The lowest BCUT2D eigenvalue weighted by Crippen LogP contribution is -2.39. The molecule has 1 fully saturated rings. The first kappa shape index (κ1) is 19.9. The van der Waals surface area contributed by atoms with Crippen LogP contribution in [0.25, 0.3) is 0 Å². The summed E-state index contributed by atoms with van der Waals surface area (Å²) in [5, 5.41) is 8.30. The Bertz CT molecular complexity index is 882. The Morgan fingerprint density at radius 2 is 1.93 bits per heavy atom. The fraction of sp³-hybridized carbons (Fsp3) is 0.444. The zero-order valence-electron chi connectivity index (χ0n) is 15.3. The van der Waals surface area contributed by atoms with Gasteiger partial charge in [-0.05, 0) is 49.9 Å². The maximum absolute atomic E-state index is 13.0.